The van der Waals surface area contributed by atoms with E-state index >= 15 is 0 Å². The minimum atomic E-state index is -0.454. The Hall–Kier alpha value is -3.54. The van der Waals surface area contributed by atoms with Crippen LogP contribution in [0.1, 0.15) is 24.2 Å². The molecule has 0 bridgehead atoms. The van der Waals surface area contributed by atoms with Gasteiger partial charge in [0.05, 0.1) is 13.2 Å². The number of carbonyl (C=O) groups is 2. The van der Waals surface area contributed by atoms with E-state index in [1.54, 1.807) is 38.1 Å². The molecule has 0 aliphatic heterocycles. The van der Waals surface area contributed by atoms with Crippen LogP contribution in [0.15, 0.2) is 65.1 Å². The summed E-state index contributed by atoms with van der Waals surface area (Å²) in [6, 6.07) is 14.6. The van der Waals surface area contributed by atoms with Crippen molar-refractivity contribution in [3.8, 4) is 17.1 Å². The summed E-state index contributed by atoms with van der Waals surface area (Å²) >= 11 is 0. The first-order valence-electron chi connectivity index (χ1n) is 9.39. The molecule has 0 aliphatic rings. The maximum absolute atomic E-state index is 12.6. The van der Waals surface area contributed by atoms with Gasteiger partial charge >= 0.3 is 11.9 Å². The predicted molar refractivity (Wildman–Crippen MR) is 109 cm³/mol. The lowest BCUT2D eigenvalue weighted by molar-refractivity contribution is -0.137. The minimum Gasteiger partial charge on any atom is -0.490 e. The van der Waals surface area contributed by atoms with Gasteiger partial charge in [-0.15, -0.1) is 0 Å². The number of furan rings is 1. The van der Waals surface area contributed by atoms with E-state index in [1.165, 1.54) is 6.08 Å². The molecular formula is C23H22O6. The van der Waals surface area contributed by atoms with E-state index in [4.69, 9.17) is 18.6 Å². The quantitative estimate of drug-likeness (QED) is 0.404. The van der Waals surface area contributed by atoms with Gasteiger partial charge in [-0.2, -0.15) is 0 Å². The van der Waals surface area contributed by atoms with Crippen molar-refractivity contribution in [1.29, 1.82) is 0 Å². The summed E-state index contributed by atoms with van der Waals surface area (Å²) in [4.78, 5) is 24.0. The Morgan fingerprint density at radius 2 is 1.76 bits per heavy atom. The van der Waals surface area contributed by atoms with Crippen LogP contribution in [0.25, 0.3) is 22.3 Å². The van der Waals surface area contributed by atoms with Gasteiger partial charge in [-0.25, -0.2) is 9.59 Å². The molecule has 29 heavy (non-hydrogen) atoms. The van der Waals surface area contributed by atoms with Crippen LogP contribution in [0.5, 0.6) is 5.75 Å². The molecule has 0 fully saturated rings. The fourth-order valence-corrected chi connectivity index (χ4v) is 2.84. The fourth-order valence-electron chi connectivity index (χ4n) is 2.84. The highest BCUT2D eigenvalue weighted by Gasteiger charge is 2.23. The van der Waals surface area contributed by atoms with Crippen LogP contribution in [0.2, 0.25) is 0 Å². The Labute approximate surface area is 168 Å². The Bertz CT molecular complexity index is 1020. The van der Waals surface area contributed by atoms with Crippen molar-refractivity contribution in [1.82, 2.24) is 0 Å². The summed E-state index contributed by atoms with van der Waals surface area (Å²) in [6.45, 7) is 4.26. The van der Waals surface area contributed by atoms with Gasteiger partial charge in [-0.3, -0.25) is 0 Å². The van der Waals surface area contributed by atoms with E-state index in [0.29, 0.717) is 34.6 Å². The van der Waals surface area contributed by atoms with Crippen LogP contribution in [0.4, 0.5) is 0 Å². The number of fused-ring (bicyclic) bond motifs is 1. The molecule has 0 aliphatic carbocycles. The van der Waals surface area contributed by atoms with Gasteiger partial charge in [-0.1, -0.05) is 30.3 Å². The number of benzene rings is 2. The molecular weight excluding hydrogens is 372 g/mol. The van der Waals surface area contributed by atoms with E-state index in [1.807, 2.05) is 30.3 Å². The largest absolute Gasteiger partial charge is 0.490 e. The third-order valence-corrected chi connectivity index (χ3v) is 4.06. The molecule has 6 heteroatoms. The van der Waals surface area contributed by atoms with E-state index in [9.17, 15) is 9.59 Å². The molecule has 3 aromatic rings. The smallest absolute Gasteiger partial charge is 0.342 e. The third-order valence-electron chi connectivity index (χ3n) is 4.06. The lowest BCUT2D eigenvalue weighted by Gasteiger charge is -2.05. The molecule has 150 valence electrons. The molecule has 0 spiro atoms. The summed E-state index contributed by atoms with van der Waals surface area (Å²) in [5.74, 6) is 0.123. The number of carbonyl (C=O) groups excluding carboxylic acids is 2. The average Bonchev–Trinajstić information content (AvgIpc) is 3.11. The first kappa shape index (κ1) is 20.2. The molecule has 0 unspecified atom stereocenters. The second-order valence-corrected chi connectivity index (χ2v) is 6.02. The molecule has 6 nitrogen and oxygen atoms in total. The van der Waals surface area contributed by atoms with Crippen LogP contribution >= 0.6 is 0 Å². The average molecular weight is 394 g/mol. The second kappa shape index (κ2) is 9.59. The highest BCUT2D eigenvalue weighted by molar-refractivity contribution is 6.09. The monoisotopic (exact) mass is 394 g/mol. The van der Waals surface area contributed by atoms with Gasteiger partial charge in [0.1, 0.15) is 29.3 Å². The van der Waals surface area contributed by atoms with Crippen molar-refractivity contribution in [3.63, 3.8) is 0 Å². The SMILES string of the molecule is CCOC(=O)/C=C/COc1ccc2oc(-c3ccccc3)c(C(=O)OCC)c2c1. The van der Waals surface area contributed by atoms with Crippen LogP contribution in [0.3, 0.4) is 0 Å². The number of ether oxygens (including phenoxy) is 3. The maximum Gasteiger partial charge on any atom is 0.342 e. The van der Waals surface area contributed by atoms with Crippen molar-refractivity contribution >= 4 is 22.9 Å². The Kier molecular flexibility index (Phi) is 6.68. The molecule has 1 aromatic heterocycles. The Morgan fingerprint density at radius 1 is 1.00 bits per heavy atom. The van der Waals surface area contributed by atoms with Gasteiger partial charge in [0.25, 0.3) is 0 Å². The standard InChI is InChI=1S/C23H22O6/c1-3-26-20(24)11-8-14-28-17-12-13-19-18(15-17)21(23(25)27-4-2)22(29-19)16-9-6-5-7-10-16/h5-13,15H,3-4,14H2,1-2H3/b11-8+. The summed E-state index contributed by atoms with van der Waals surface area (Å²) < 4.78 is 21.7. The van der Waals surface area contributed by atoms with Crippen LogP contribution in [-0.4, -0.2) is 31.8 Å². The van der Waals surface area contributed by atoms with Gasteiger partial charge in [-0.05, 0) is 38.1 Å². The van der Waals surface area contributed by atoms with Crippen molar-refractivity contribution in [2.24, 2.45) is 0 Å². The molecule has 0 saturated heterocycles. The molecule has 2 aromatic carbocycles. The second-order valence-electron chi connectivity index (χ2n) is 6.02. The van der Waals surface area contributed by atoms with Crippen LogP contribution in [0, 0.1) is 0 Å². The number of hydrogen-bond donors (Lipinski definition) is 0. The number of rotatable bonds is 8. The first-order valence-corrected chi connectivity index (χ1v) is 9.39. The zero-order valence-electron chi connectivity index (χ0n) is 16.3. The van der Waals surface area contributed by atoms with Crippen LogP contribution in [-0.2, 0) is 14.3 Å². The minimum absolute atomic E-state index is 0.183. The van der Waals surface area contributed by atoms with Crippen molar-refractivity contribution in [2.45, 2.75) is 13.8 Å². The molecule has 0 amide bonds. The summed E-state index contributed by atoms with van der Waals surface area (Å²) in [5.41, 5.74) is 1.70. The molecule has 0 N–H and O–H groups in total. The number of hydrogen-bond acceptors (Lipinski definition) is 6. The molecule has 0 radical (unpaired) electrons. The number of esters is 2. The van der Waals surface area contributed by atoms with E-state index in [2.05, 4.69) is 0 Å². The van der Waals surface area contributed by atoms with Crippen molar-refractivity contribution in [2.75, 3.05) is 19.8 Å². The van der Waals surface area contributed by atoms with Crippen molar-refractivity contribution in [3.05, 3.63) is 66.2 Å². The Balaban J connectivity index is 1.91. The zero-order chi connectivity index (χ0) is 20.6. The van der Waals surface area contributed by atoms with E-state index in [0.717, 1.165) is 5.56 Å². The van der Waals surface area contributed by atoms with Crippen LogP contribution < -0.4 is 4.74 Å². The molecule has 1 heterocycles. The molecule has 0 saturated carbocycles. The summed E-state index contributed by atoms with van der Waals surface area (Å²) in [5, 5.41) is 0.606. The molecule has 3 rings (SSSR count). The van der Waals surface area contributed by atoms with Gasteiger partial charge in [0.15, 0.2) is 0 Å². The highest BCUT2D eigenvalue weighted by Crippen LogP contribution is 2.36. The van der Waals surface area contributed by atoms with Gasteiger partial charge in [0.2, 0.25) is 0 Å². The molecule has 0 atom stereocenters. The first-order chi connectivity index (χ1) is 14.1. The topological polar surface area (TPSA) is 75.0 Å². The lowest BCUT2D eigenvalue weighted by Crippen LogP contribution is -2.05. The van der Waals surface area contributed by atoms with Gasteiger partial charge in [0, 0.05) is 17.0 Å². The van der Waals surface area contributed by atoms with Crippen molar-refractivity contribution < 1.29 is 28.2 Å². The Morgan fingerprint density at radius 3 is 2.48 bits per heavy atom. The third kappa shape index (κ3) is 4.85. The summed E-state index contributed by atoms with van der Waals surface area (Å²) in [7, 11) is 0. The van der Waals surface area contributed by atoms with E-state index < -0.39 is 11.9 Å². The van der Waals surface area contributed by atoms with E-state index in [-0.39, 0.29) is 13.2 Å². The fraction of sp³-hybridized carbons (Fsp3) is 0.217. The highest BCUT2D eigenvalue weighted by atomic mass is 16.5. The maximum atomic E-state index is 12.6. The normalized spacial score (nSPS) is 11.0. The van der Waals surface area contributed by atoms with Gasteiger partial charge < -0.3 is 18.6 Å². The summed E-state index contributed by atoms with van der Waals surface area (Å²) in [6.07, 6.45) is 2.89. The lowest BCUT2D eigenvalue weighted by atomic mass is 10.1. The zero-order valence-corrected chi connectivity index (χ0v) is 16.3. The predicted octanol–water partition coefficient (Wildman–Crippen LogP) is 4.77.